The smallest absolute Gasteiger partial charge is 0.250 e. The minimum Gasteiger partial charge on any atom is -0.362 e. The Kier molecular flexibility index (Phi) is 7.04. The van der Waals surface area contributed by atoms with E-state index in [9.17, 15) is 9.59 Å². The highest BCUT2D eigenvalue weighted by Gasteiger charge is 2.10. The molecule has 0 saturated carbocycles. The zero-order valence-electron chi connectivity index (χ0n) is 11.7. The van der Waals surface area contributed by atoms with Crippen molar-refractivity contribution in [3.63, 3.8) is 0 Å². The number of carbonyl (C=O) groups excluding carboxylic acids is 2. The number of hydrogen-bond donors (Lipinski definition) is 1. The second-order valence-electron chi connectivity index (χ2n) is 4.11. The molecule has 20 heavy (non-hydrogen) atoms. The monoisotopic (exact) mass is 298 g/mol. The normalized spacial score (nSPS) is 10.2. The van der Waals surface area contributed by atoms with Gasteiger partial charge in [0, 0.05) is 23.8 Å². The Morgan fingerprint density at radius 3 is 2.30 bits per heavy atom. The first-order chi connectivity index (χ1) is 9.56. The summed E-state index contributed by atoms with van der Waals surface area (Å²) in [5, 5.41) is 3.25. The molecule has 5 nitrogen and oxygen atoms in total. The fourth-order valence-electron chi connectivity index (χ4n) is 1.63. The lowest BCUT2D eigenvalue weighted by Gasteiger charge is -2.18. The molecule has 0 fully saturated rings. The minimum absolute atomic E-state index is 0.0876. The Balaban J connectivity index is 2.30. The molecular formula is C14H19ClN2O3. The molecular weight excluding hydrogens is 280 g/mol. The van der Waals surface area contributed by atoms with Crippen LogP contribution in [0.5, 0.6) is 0 Å². The van der Waals surface area contributed by atoms with Crippen LogP contribution in [0.2, 0.25) is 5.02 Å². The molecule has 0 aliphatic rings. The number of anilines is 1. The number of carbonyl (C=O) groups is 2. The molecule has 1 rings (SSSR count). The van der Waals surface area contributed by atoms with Crippen LogP contribution in [0.25, 0.3) is 0 Å². The van der Waals surface area contributed by atoms with Crippen molar-refractivity contribution in [2.24, 2.45) is 0 Å². The fourth-order valence-corrected chi connectivity index (χ4v) is 1.75. The predicted octanol–water partition coefficient (Wildman–Crippen LogP) is 2.16. The molecule has 0 heterocycles. The topological polar surface area (TPSA) is 58.6 Å². The van der Waals surface area contributed by atoms with Gasteiger partial charge in [-0.05, 0) is 38.1 Å². The van der Waals surface area contributed by atoms with Gasteiger partial charge in [-0.3, -0.25) is 9.59 Å². The summed E-state index contributed by atoms with van der Waals surface area (Å²) in [6.07, 6.45) is 0. The predicted molar refractivity (Wildman–Crippen MR) is 78.8 cm³/mol. The number of amides is 2. The van der Waals surface area contributed by atoms with Crippen molar-refractivity contribution in [2.75, 3.05) is 31.6 Å². The number of likely N-dealkylation sites (N-methyl/N-ethyl adjacent to an activating group) is 1. The first kappa shape index (κ1) is 16.5. The molecule has 6 heteroatoms. The van der Waals surface area contributed by atoms with E-state index in [1.165, 1.54) is 0 Å². The molecule has 0 spiro atoms. The molecule has 0 aromatic heterocycles. The number of rotatable bonds is 7. The number of nitrogens with one attached hydrogen (secondary N) is 1. The number of nitrogens with zero attached hydrogens (tertiary/aromatic N) is 1. The highest BCUT2D eigenvalue weighted by molar-refractivity contribution is 6.30. The van der Waals surface area contributed by atoms with Gasteiger partial charge in [-0.1, -0.05) is 11.6 Å². The maximum absolute atomic E-state index is 11.6. The van der Waals surface area contributed by atoms with Crippen LogP contribution in [0, 0.1) is 0 Å². The van der Waals surface area contributed by atoms with Gasteiger partial charge in [0.2, 0.25) is 11.8 Å². The molecule has 0 atom stereocenters. The number of hydrogen-bond acceptors (Lipinski definition) is 3. The summed E-state index contributed by atoms with van der Waals surface area (Å²) in [7, 11) is 0. The lowest BCUT2D eigenvalue weighted by atomic mass is 10.3. The third-order valence-corrected chi connectivity index (χ3v) is 2.95. The third kappa shape index (κ3) is 5.59. The first-order valence-electron chi connectivity index (χ1n) is 6.47. The van der Waals surface area contributed by atoms with Crippen LogP contribution < -0.4 is 5.32 Å². The summed E-state index contributed by atoms with van der Waals surface area (Å²) in [5.74, 6) is -0.422. The van der Waals surface area contributed by atoms with Crippen LogP contribution in [0.15, 0.2) is 24.3 Å². The number of halogens is 1. The van der Waals surface area contributed by atoms with Gasteiger partial charge in [0.1, 0.15) is 13.2 Å². The van der Waals surface area contributed by atoms with Gasteiger partial charge in [0.15, 0.2) is 0 Å². The van der Waals surface area contributed by atoms with Crippen molar-refractivity contribution in [3.05, 3.63) is 29.3 Å². The van der Waals surface area contributed by atoms with E-state index in [1.807, 2.05) is 13.8 Å². The van der Waals surface area contributed by atoms with Crippen molar-refractivity contribution in [2.45, 2.75) is 13.8 Å². The highest BCUT2D eigenvalue weighted by atomic mass is 35.5. The van der Waals surface area contributed by atoms with Gasteiger partial charge < -0.3 is 15.0 Å². The zero-order valence-corrected chi connectivity index (χ0v) is 12.4. The van der Waals surface area contributed by atoms with Crippen LogP contribution in [-0.2, 0) is 14.3 Å². The maximum Gasteiger partial charge on any atom is 0.250 e. The molecule has 1 aromatic rings. The summed E-state index contributed by atoms with van der Waals surface area (Å²) in [6.45, 7) is 4.82. The number of benzene rings is 1. The molecule has 0 radical (unpaired) electrons. The summed E-state index contributed by atoms with van der Waals surface area (Å²) >= 11 is 5.74. The van der Waals surface area contributed by atoms with E-state index in [4.69, 9.17) is 16.3 Å². The summed E-state index contributed by atoms with van der Waals surface area (Å²) in [5.41, 5.74) is 0.637. The van der Waals surface area contributed by atoms with Crippen molar-refractivity contribution in [3.8, 4) is 0 Å². The zero-order chi connectivity index (χ0) is 15.0. The lowest BCUT2D eigenvalue weighted by molar-refractivity contribution is -0.137. The average Bonchev–Trinajstić information content (AvgIpc) is 2.43. The Hall–Kier alpha value is -1.59. The second-order valence-corrected chi connectivity index (χ2v) is 4.55. The maximum atomic E-state index is 11.6. The van der Waals surface area contributed by atoms with E-state index in [0.717, 1.165) is 0 Å². The van der Waals surface area contributed by atoms with Crippen LogP contribution in [0.3, 0.4) is 0 Å². The van der Waals surface area contributed by atoms with Crippen molar-refractivity contribution < 1.29 is 14.3 Å². The molecule has 110 valence electrons. The van der Waals surface area contributed by atoms with Crippen LogP contribution in [-0.4, -0.2) is 43.0 Å². The number of ether oxygens (including phenoxy) is 1. The summed E-state index contributed by atoms with van der Waals surface area (Å²) in [6, 6.07) is 6.76. The second kappa shape index (κ2) is 8.55. The van der Waals surface area contributed by atoms with Gasteiger partial charge in [-0.2, -0.15) is 0 Å². The SMILES string of the molecule is CCN(CC)C(=O)COCC(=O)Nc1ccc(Cl)cc1. The third-order valence-electron chi connectivity index (χ3n) is 2.70. The van der Waals surface area contributed by atoms with Crippen LogP contribution in [0.1, 0.15) is 13.8 Å². The van der Waals surface area contributed by atoms with E-state index in [2.05, 4.69) is 5.32 Å². The van der Waals surface area contributed by atoms with E-state index < -0.39 is 0 Å². The fraction of sp³-hybridized carbons (Fsp3) is 0.429. The summed E-state index contributed by atoms with van der Waals surface area (Å²) < 4.78 is 5.11. The minimum atomic E-state index is -0.306. The Labute approximate surface area is 123 Å². The molecule has 0 aliphatic carbocycles. The van der Waals surface area contributed by atoms with Crippen LogP contribution >= 0.6 is 11.6 Å². The molecule has 0 aliphatic heterocycles. The van der Waals surface area contributed by atoms with Gasteiger partial charge in [-0.15, -0.1) is 0 Å². The molecule has 1 N–H and O–H groups in total. The first-order valence-corrected chi connectivity index (χ1v) is 6.85. The lowest BCUT2D eigenvalue weighted by Crippen LogP contribution is -2.34. The van der Waals surface area contributed by atoms with Gasteiger partial charge in [0.05, 0.1) is 0 Å². The molecule has 0 unspecified atom stereocenters. The average molecular weight is 299 g/mol. The largest absolute Gasteiger partial charge is 0.362 e. The van der Waals surface area contributed by atoms with E-state index in [1.54, 1.807) is 29.2 Å². The molecule has 2 amide bonds. The van der Waals surface area contributed by atoms with Gasteiger partial charge in [0.25, 0.3) is 0 Å². The molecule has 0 saturated heterocycles. The highest BCUT2D eigenvalue weighted by Crippen LogP contribution is 2.13. The molecule has 1 aromatic carbocycles. The van der Waals surface area contributed by atoms with Crippen molar-refractivity contribution in [1.29, 1.82) is 0 Å². The van der Waals surface area contributed by atoms with E-state index in [-0.39, 0.29) is 25.0 Å². The quantitative estimate of drug-likeness (QED) is 0.839. The van der Waals surface area contributed by atoms with E-state index in [0.29, 0.717) is 23.8 Å². The summed E-state index contributed by atoms with van der Waals surface area (Å²) in [4.78, 5) is 24.9. The van der Waals surface area contributed by atoms with Gasteiger partial charge in [-0.25, -0.2) is 0 Å². The van der Waals surface area contributed by atoms with E-state index >= 15 is 0 Å². The Morgan fingerprint density at radius 2 is 1.75 bits per heavy atom. The van der Waals surface area contributed by atoms with Crippen molar-refractivity contribution >= 4 is 29.1 Å². The Morgan fingerprint density at radius 1 is 1.15 bits per heavy atom. The standard InChI is InChI=1S/C14H19ClN2O3/c1-3-17(4-2)14(19)10-20-9-13(18)16-12-7-5-11(15)6-8-12/h5-8H,3-4,9-10H2,1-2H3,(H,16,18). The Bertz CT molecular complexity index is 444. The van der Waals surface area contributed by atoms with Crippen molar-refractivity contribution in [1.82, 2.24) is 4.90 Å². The van der Waals surface area contributed by atoms with Crippen LogP contribution in [0.4, 0.5) is 5.69 Å². The molecule has 0 bridgehead atoms. The van der Waals surface area contributed by atoms with Gasteiger partial charge >= 0.3 is 0 Å².